The van der Waals surface area contributed by atoms with E-state index in [1.807, 2.05) is 18.2 Å². The van der Waals surface area contributed by atoms with Crippen LogP contribution in [0.3, 0.4) is 0 Å². The molecule has 1 N–H and O–H groups in total. The summed E-state index contributed by atoms with van der Waals surface area (Å²) in [5.41, 5.74) is 2.21. The third kappa shape index (κ3) is 3.39. The van der Waals surface area contributed by atoms with Crippen LogP contribution in [-0.4, -0.2) is 14.2 Å². The zero-order valence-electron chi connectivity index (χ0n) is 11.8. The van der Waals surface area contributed by atoms with Crippen LogP contribution < -0.4 is 14.8 Å². The first-order valence-electron chi connectivity index (χ1n) is 6.33. The van der Waals surface area contributed by atoms with Gasteiger partial charge in [0.1, 0.15) is 11.5 Å². The molecule has 0 amide bonds. The molecule has 2 aromatic rings. The zero-order chi connectivity index (χ0) is 15.2. The lowest BCUT2D eigenvalue weighted by Crippen LogP contribution is -2.04. The summed E-state index contributed by atoms with van der Waals surface area (Å²) in [6.45, 7) is 0.491. The number of methoxy groups -OCH3 is 2. The molecule has 2 aromatic carbocycles. The first kappa shape index (κ1) is 15.0. The normalized spacial score (nSPS) is 9.81. The number of benzene rings is 2. The quantitative estimate of drug-likeness (QED) is 0.911. The number of anilines is 1. The minimum Gasteiger partial charge on any atom is -0.496 e. The summed E-state index contributed by atoms with van der Waals surface area (Å²) in [4.78, 5) is 0. The second-order valence-electron chi connectivity index (χ2n) is 4.30. The van der Waals surface area contributed by atoms with Crippen LogP contribution in [0.4, 0.5) is 5.69 Å². The van der Waals surface area contributed by atoms with E-state index >= 15 is 0 Å². The Morgan fingerprint density at radius 1 is 1.14 bits per heavy atom. The number of nitrogens with one attached hydrogen (secondary N) is 1. The highest BCUT2D eigenvalue weighted by atomic mass is 35.5. The number of nitrogens with zero attached hydrogens (tertiary/aromatic N) is 1. The Morgan fingerprint density at radius 2 is 1.90 bits per heavy atom. The number of ether oxygens (including phenoxy) is 2. The molecule has 0 saturated carbocycles. The maximum Gasteiger partial charge on any atom is 0.143 e. The fourth-order valence-electron chi connectivity index (χ4n) is 1.99. The van der Waals surface area contributed by atoms with E-state index in [9.17, 15) is 0 Å². The molecule has 5 heteroatoms. The highest BCUT2D eigenvalue weighted by molar-refractivity contribution is 6.31. The van der Waals surface area contributed by atoms with Crippen molar-refractivity contribution in [1.82, 2.24) is 0 Å². The molecule has 0 radical (unpaired) electrons. The Hall–Kier alpha value is -2.38. The third-order valence-corrected chi connectivity index (χ3v) is 3.44. The van der Waals surface area contributed by atoms with Crippen molar-refractivity contribution >= 4 is 17.3 Å². The molecule has 0 saturated heterocycles. The van der Waals surface area contributed by atoms with Gasteiger partial charge < -0.3 is 14.8 Å². The van der Waals surface area contributed by atoms with Crippen LogP contribution in [0.1, 0.15) is 11.1 Å². The van der Waals surface area contributed by atoms with Gasteiger partial charge in [-0.05, 0) is 24.3 Å². The van der Waals surface area contributed by atoms with Gasteiger partial charge in [0.05, 0.1) is 31.5 Å². The average Bonchev–Trinajstić information content (AvgIpc) is 2.53. The highest BCUT2D eigenvalue weighted by Gasteiger charge is 2.09. The molecule has 0 aliphatic heterocycles. The van der Waals surface area contributed by atoms with Crippen molar-refractivity contribution in [2.45, 2.75) is 6.54 Å². The standard InChI is InChI=1S/C16H15ClN2O2/c1-20-15-5-3-4-13(17)12(15)10-19-14-7-6-11(9-18)8-16(14)21-2/h3-8,19H,10H2,1-2H3. The minimum atomic E-state index is 0.491. The Kier molecular flexibility index (Phi) is 4.91. The third-order valence-electron chi connectivity index (χ3n) is 3.08. The summed E-state index contributed by atoms with van der Waals surface area (Å²) >= 11 is 6.20. The van der Waals surface area contributed by atoms with E-state index in [-0.39, 0.29) is 0 Å². The zero-order valence-corrected chi connectivity index (χ0v) is 12.6. The van der Waals surface area contributed by atoms with Crippen molar-refractivity contribution in [3.8, 4) is 17.6 Å². The van der Waals surface area contributed by atoms with Gasteiger partial charge in [0.25, 0.3) is 0 Å². The predicted octanol–water partition coefficient (Wildman–Crippen LogP) is 3.84. The number of nitriles is 1. The summed E-state index contributed by atoms with van der Waals surface area (Å²) in [6.07, 6.45) is 0. The van der Waals surface area contributed by atoms with Crippen molar-refractivity contribution in [2.24, 2.45) is 0 Å². The lowest BCUT2D eigenvalue weighted by molar-refractivity contribution is 0.409. The van der Waals surface area contributed by atoms with Gasteiger partial charge in [-0.3, -0.25) is 0 Å². The van der Waals surface area contributed by atoms with Gasteiger partial charge in [0.15, 0.2) is 0 Å². The Morgan fingerprint density at radius 3 is 2.57 bits per heavy atom. The largest absolute Gasteiger partial charge is 0.496 e. The van der Waals surface area contributed by atoms with Crippen molar-refractivity contribution in [1.29, 1.82) is 5.26 Å². The smallest absolute Gasteiger partial charge is 0.143 e. The predicted molar refractivity (Wildman–Crippen MR) is 83.0 cm³/mol. The van der Waals surface area contributed by atoms with Gasteiger partial charge in [-0.25, -0.2) is 0 Å². The van der Waals surface area contributed by atoms with E-state index in [0.29, 0.717) is 22.9 Å². The summed E-state index contributed by atoms with van der Waals surface area (Å²) in [7, 11) is 3.18. The molecule has 21 heavy (non-hydrogen) atoms. The van der Waals surface area contributed by atoms with Crippen molar-refractivity contribution in [2.75, 3.05) is 19.5 Å². The van der Waals surface area contributed by atoms with Gasteiger partial charge in [0.2, 0.25) is 0 Å². The molecule has 2 rings (SSSR count). The van der Waals surface area contributed by atoms with Gasteiger partial charge in [-0.2, -0.15) is 5.26 Å². The number of hydrogen-bond donors (Lipinski definition) is 1. The molecule has 0 unspecified atom stereocenters. The van der Waals surface area contributed by atoms with Crippen LogP contribution in [-0.2, 0) is 6.54 Å². The maximum atomic E-state index is 8.90. The van der Waals surface area contributed by atoms with Crippen LogP contribution in [0.25, 0.3) is 0 Å². The molecule has 0 aliphatic rings. The summed E-state index contributed by atoms with van der Waals surface area (Å²) in [5.74, 6) is 1.34. The first-order chi connectivity index (χ1) is 10.2. The average molecular weight is 303 g/mol. The number of halogens is 1. The fraction of sp³-hybridized carbons (Fsp3) is 0.188. The minimum absolute atomic E-state index is 0.491. The molecule has 0 aromatic heterocycles. The monoisotopic (exact) mass is 302 g/mol. The number of rotatable bonds is 5. The first-order valence-corrected chi connectivity index (χ1v) is 6.70. The van der Waals surface area contributed by atoms with E-state index < -0.39 is 0 Å². The molecule has 0 atom stereocenters. The van der Waals surface area contributed by atoms with E-state index in [4.69, 9.17) is 26.3 Å². The lowest BCUT2D eigenvalue weighted by atomic mass is 10.1. The topological polar surface area (TPSA) is 54.3 Å². The van der Waals surface area contributed by atoms with E-state index in [0.717, 1.165) is 17.0 Å². The van der Waals surface area contributed by atoms with Gasteiger partial charge >= 0.3 is 0 Å². The molecule has 0 spiro atoms. The van der Waals surface area contributed by atoms with Crippen LogP contribution in [0.2, 0.25) is 5.02 Å². The molecule has 0 heterocycles. The second kappa shape index (κ2) is 6.87. The molecule has 4 nitrogen and oxygen atoms in total. The Labute approximate surface area is 128 Å². The van der Waals surface area contributed by atoms with Crippen LogP contribution >= 0.6 is 11.6 Å². The second-order valence-corrected chi connectivity index (χ2v) is 4.71. The van der Waals surface area contributed by atoms with E-state index in [2.05, 4.69) is 11.4 Å². The molecule has 0 fully saturated rings. The van der Waals surface area contributed by atoms with E-state index in [1.54, 1.807) is 32.4 Å². The van der Waals surface area contributed by atoms with Gasteiger partial charge in [0, 0.05) is 23.2 Å². The van der Waals surface area contributed by atoms with E-state index in [1.165, 1.54) is 0 Å². The molecular weight excluding hydrogens is 288 g/mol. The summed E-state index contributed by atoms with van der Waals surface area (Å²) in [6, 6.07) is 12.8. The van der Waals surface area contributed by atoms with Crippen LogP contribution in [0, 0.1) is 11.3 Å². The Bertz CT molecular complexity index is 680. The van der Waals surface area contributed by atoms with Crippen LogP contribution in [0.5, 0.6) is 11.5 Å². The van der Waals surface area contributed by atoms with Gasteiger partial charge in [-0.15, -0.1) is 0 Å². The highest BCUT2D eigenvalue weighted by Crippen LogP contribution is 2.30. The Balaban J connectivity index is 2.23. The maximum absolute atomic E-state index is 8.90. The molecular formula is C16H15ClN2O2. The van der Waals surface area contributed by atoms with Crippen molar-refractivity contribution < 1.29 is 9.47 Å². The lowest BCUT2D eigenvalue weighted by Gasteiger charge is -2.14. The number of hydrogen-bond acceptors (Lipinski definition) is 4. The molecule has 108 valence electrons. The van der Waals surface area contributed by atoms with Crippen LogP contribution in [0.15, 0.2) is 36.4 Å². The summed E-state index contributed by atoms with van der Waals surface area (Å²) in [5, 5.41) is 12.8. The molecule has 0 aliphatic carbocycles. The SMILES string of the molecule is COc1cc(C#N)ccc1NCc1c(Cl)cccc1OC. The molecule has 0 bridgehead atoms. The van der Waals surface area contributed by atoms with Crippen molar-refractivity contribution in [3.05, 3.63) is 52.5 Å². The fourth-order valence-corrected chi connectivity index (χ4v) is 2.22. The van der Waals surface area contributed by atoms with Gasteiger partial charge in [-0.1, -0.05) is 17.7 Å². The summed E-state index contributed by atoms with van der Waals surface area (Å²) < 4.78 is 10.6. The van der Waals surface area contributed by atoms with Crippen molar-refractivity contribution in [3.63, 3.8) is 0 Å².